The summed E-state index contributed by atoms with van der Waals surface area (Å²) in [7, 11) is 0. The Labute approximate surface area is 124 Å². The Bertz CT molecular complexity index is 362. The van der Waals surface area contributed by atoms with Crippen LogP contribution in [0.25, 0.3) is 0 Å². The van der Waals surface area contributed by atoms with E-state index in [4.69, 9.17) is 0 Å². The Morgan fingerprint density at radius 2 is 2.06 bits per heavy atom. The number of unbranched alkanes of at least 4 members (excludes halogenated alkanes) is 1. The third-order valence-corrected chi connectivity index (χ3v) is 4.78. The van der Waals surface area contributed by atoms with E-state index in [0.29, 0.717) is 0 Å². The topological polar surface area (TPSA) is 20.2 Å². The third-order valence-electron chi connectivity index (χ3n) is 2.27. The van der Waals surface area contributed by atoms with E-state index >= 15 is 0 Å². The van der Waals surface area contributed by atoms with Crippen molar-refractivity contribution in [3.8, 4) is 0 Å². The molecule has 0 aliphatic heterocycles. The lowest BCUT2D eigenvalue weighted by Crippen LogP contribution is -2.05. The molecule has 94 valence electrons. The number of halogens is 2. The molecule has 0 bridgehead atoms. The number of hydrogen-bond donors (Lipinski definition) is 1. The van der Waals surface area contributed by atoms with Crippen LogP contribution >= 0.6 is 43.6 Å². The van der Waals surface area contributed by atoms with E-state index < -0.39 is 0 Å². The lowest BCUT2D eigenvalue weighted by atomic mass is 10.2. The number of thioether (sulfide) groups is 1. The fourth-order valence-corrected chi connectivity index (χ4v) is 2.72. The van der Waals surface area contributed by atoms with Gasteiger partial charge in [0.2, 0.25) is 0 Å². The smallest absolute Gasteiger partial charge is 0.0859 e. The van der Waals surface area contributed by atoms with Crippen LogP contribution in [0.4, 0.5) is 0 Å². The average Bonchev–Trinajstić information content (AvgIpc) is 2.34. The van der Waals surface area contributed by atoms with Crippen molar-refractivity contribution >= 4 is 43.6 Å². The van der Waals surface area contributed by atoms with Gasteiger partial charge in [-0.2, -0.15) is 0 Å². The minimum Gasteiger partial charge on any atom is -0.388 e. The second kappa shape index (κ2) is 8.35. The van der Waals surface area contributed by atoms with E-state index in [-0.39, 0.29) is 6.10 Å². The molecule has 0 aliphatic rings. The largest absolute Gasteiger partial charge is 0.388 e. The van der Waals surface area contributed by atoms with Gasteiger partial charge in [0.25, 0.3) is 0 Å². The monoisotopic (exact) mass is 378 g/mol. The normalized spacial score (nSPS) is 13.8. The molecule has 1 atom stereocenters. The van der Waals surface area contributed by atoms with Crippen LogP contribution in [0.3, 0.4) is 0 Å². The summed E-state index contributed by atoms with van der Waals surface area (Å²) in [5.41, 5.74) is 0. The highest BCUT2D eigenvalue weighted by Gasteiger charge is 2.06. The van der Waals surface area contributed by atoms with Crippen LogP contribution in [0, 0.1) is 0 Å². The zero-order valence-electron chi connectivity index (χ0n) is 9.70. The Morgan fingerprint density at radius 1 is 1.41 bits per heavy atom. The molecule has 1 rings (SSSR count). The zero-order valence-corrected chi connectivity index (χ0v) is 13.7. The first-order chi connectivity index (χ1) is 8.13. The molecule has 0 aromatic heterocycles. The third kappa shape index (κ3) is 6.09. The molecular weight excluding hydrogens is 364 g/mol. The Kier molecular flexibility index (Phi) is 7.51. The van der Waals surface area contributed by atoms with E-state index in [1.165, 1.54) is 0 Å². The van der Waals surface area contributed by atoms with Gasteiger partial charge in [-0.25, -0.2) is 0 Å². The maximum absolute atomic E-state index is 9.83. The molecule has 1 nitrogen and oxygen atoms in total. The van der Waals surface area contributed by atoms with Gasteiger partial charge in [-0.1, -0.05) is 63.4 Å². The number of benzene rings is 1. The van der Waals surface area contributed by atoms with Gasteiger partial charge >= 0.3 is 0 Å². The van der Waals surface area contributed by atoms with Crippen LogP contribution in [-0.2, 0) is 0 Å². The van der Waals surface area contributed by atoms with E-state index in [2.05, 4.69) is 38.8 Å². The van der Waals surface area contributed by atoms with Crippen molar-refractivity contribution in [2.45, 2.75) is 37.2 Å². The second-order valence-corrected chi connectivity index (χ2v) is 6.51. The van der Waals surface area contributed by atoms with Gasteiger partial charge in [-0.05, 0) is 36.1 Å². The predicted octanol–water partition coefficient (Wildman–Crippen LogP) is 5.33. The summed E-state index contributed by atoms with van der Waals surface area (Å²) in [5, 5.41) is 11.8. The minimum absolute atomic E-state index is 0.377. The van der Waals surface area contributed by atoms with Crippen molar-refractivity contribution in [3.63, 3.8) is 0 Å². The van der Waals surface area contributed by atoms with Crippen molar-refractivity contribution in [1.82, 2.24) is 0 Å². The van der Waals surface area contributed by atoms with Gasteiger partial charge in [0, 0.05) is 13.9 Å². The van der Waals surface area contributed by atoms with Crippen molar-refractivity contribution in [2.24, 2.45) is 0 Å². The summed E-state index contributed by atoms with van der Waals surface area (Å²) in [6, 6.07) is 8.11. The van der Waals surface area contributed by atoms with E-state index in [0.717, 1.165) is 33.1 Å². The minimum atomic E-state index is -0.377. The fraction of sp³-hybridized carbons (Fsp3) is 0.385. The molecule has 4 heteroatoms. The van der Waals surface area contributed by atoms with Crippen LogP contribution < -0.4 is 0 Å². The molecule has 0 fully saturated rings. The maximum Gasteiger partial charge on any atom is 0.0859 e. The molecule has 1 N–H and O–H groups in total. The Hall–Kier alpha value is 0.230. The predicted molar refractivity (Wildman–Crippen MR) is 82.5 cm³/mol. The highest BCUT2D eigenvalue weighted by atomic mass is 79.9. The first-order valence-electron chi connectivity index (χ1n) is 5.59. The Balaban J connectivity index is 2.49. The van der Waals surface area contributed by atoms with Crippen molar-refractivity contribution < 1.29 is 5.11 Å². The molecule has 0 spiro atoms. The molecule has 0 radical (unpaired) electrons. The summed E-state index contributed by atoms with van der Waals surface area (Å²) in [6.45, 7) is 2.13. The maximum atomic E-state index is 9.83. The van der Waals surface area contributed by atoms with Crippen molar-refractivity contribution in [2.75, 3.05) is 0 Å². The van der Waals surface area contributed by atoms with Crippen LogP contribution in [-0.4, -0.2) is 11.2 Å². The molecule has 1 unspecified atom stereocenters. The molecule has 0 saturated carbocycles. The average molecular weight is 380 g/mol. The highest BCUT2D eigenvalue weighted by Crippen LogP contribution is 2.26. The lowest BCUT2D eigenvalue weighted by molar-refractivity contribution is 0.206. The van der Waals surface area contributed by atoms with Crippen LogP contribution in [0.15, 0.2) is 43.5 Å². The van der Waals surface area contributed by atoms with Crippen molar-refractivity contribution in [1.29, 1.82) is 0 Å². The quantitative estimate of drug-likeness (QED) is 0.674. The SMILES string of the molecule is CCCCC(O)/C(Br)=C/Sc1ccc(Br)cc1. The summed E-state index contributed by atoms with van der Waals surface area (Å²) in [5.74, 6) is 0. The van der Waals surface area contributed by atoms with Gasteiger partial charge < -0.3 is 5.11 Å². The molecule has 0 amide bonds. The molecule has 0 aliphatic carbocycles. The second-order valence-electron chi connectivity index (χ2n) is 3.73. The van der Waals surface area contributed by atoms with Crippen molar-refractivity contribution in [3.05, 3.63) is 38.6 Å². The first kappa shape index (κ1) is 15.3. The van der Waals surface area contributed by atoms with Crippen LogP contribution in [0.2, 0.25) is 0 Å². The molecular formula is C13H16Br2OS. The molecule has 1 aromatic carbocycles. The summed E-state index contributed by atoms with van der Waals surface area (Å²) in [6.07, 6.45) is 2.59. The standard InChI is InChI=1S/C13H16Br2OS/c1-2-3-4-13(16)12(15)9-17-11-7-5-10(14)6-8-11/h5-9,13,16H,2-4H2,1H3/b12-9-. The highest BCUT2D eigenvalue weighted by molar-refractivity contribution is 9.11. The number of rotatable bonds is 6. The molecule has 17 heavy (non-hydrogen) atoms. The zero-order chi connectivity index (χ0) is 12.7. The molecule has 0 saturated heterocycles. The molecule has 1 aromatic rings. The van der Waals surface area contributed by atoms with E-state index in [9.17, 15) is 5.11 Å². The Morgan fingerprint density at radius 3 is 2.65 bits per heavy atom. The number of hydrogen-bond acceptors (Lipinski definition) is 2. The van der Waals surface area contributed by atoms with Gasteiger partial charge in [-0.15, -0.1) is 0 Å². The van der Waals surface area contributed by atoms with E-state index in [1.54, 1.807) is 11.8 Å². The summed E-state index contributed by atoms with van der Waals surface area (Å²) >= 11 is 8.44. The summed E-state index contributed by atoms with van der Waals surface area (Å²) in [4.78, 5) is 1.16. The number of aliphatic hydroxyl groups excluding tert-OH is 1. The van der Waals surface area contributed by atoms with Gasteiger partial charge in [-0.3, -0.25) is 0 Å². The van der Waals surface area contributed by atoms with Gasteiger partial charge in [0.05, 0.1) is 6.10 Å². The van der Waals surface area contributed by atoms with Gasteiger partial charge in [0.1, 0.15) is 0 Å². The van der Waals surface area contributed by atoms with Gasteiger partial charge in [0.15, 0.2) is 0 Å². The lowest BCUT2D eigenvalue weighted by Gasteiger charge is -2.08. The van der Waals surface area contributed by atoms with Crippen LogP contribution in [0.1, 0.15) is 26.2 Å². The van der Waals surface area contributed by atoms with E-state index in [1.807, 2.05) is 29.7 Å². The number of aliphatic hydroxyl groups is 1. The van der Waals surface area contributed by atoms with Crippen LogP contribution in [0.5, 0.6) is 0 Å². The first-order valence-corrected chi connectivity index (χ1v) is 8.06. The summed E-state index contributed by atoms with van der Waals surface area (Å²) < 4.78 is 1.94. The fourth-order valence-electron chi connectivity index (χ4n) is 1.25. The molecule has 0 heterocycles.